The van der Waals surface area contributed by atoms with Crippen molar-refractivity contribution < 1.29 is 4.79 Å². The fourth-order valence-electron chi connectivity index (χ4n) is 2.32. The summed E-state index contributed by atoms with van der Waals surface area (Å²) in [7, 11) is 1.90. The molecule has 0 saturated heterocycles. The lowest BCUT2D eigenvalue weighted by Gasteiger charge is -2.17. The lowest BCUT2D eigenvalue weighted by atomic mass is 9.96. The van der Waals surface area contributed by atoms with Crippen molar-refractivity contribution in [1.29, 1.82) is 0 Å². The van der Waals surface area contributed by atoms with Gasteiger partial charge in [-0.15, -0.1) is 0 Å². The van der Waals surface area contributed by atoms with Crippen LogP contribution in [-0.2, 0) is 10.2 Å². The molecule has 1 aliphatic carbocycles. The number of benzene rings is 1. The van der Waals surface area contributed by atoms with Gasteiger partial charge in [0.15, 0.2) is 0 Å². The number of carbonyl (C=O) groups is 1. The third-order valence-electron chi connectivity index (χ3n) is 3.75. The van der Waals surface area contributed by atoms with E-state index in [9.17, 15) is 4.79 Å². The molecule has 0 unspecified atom stereocenters. The molecule has 0 radical (unpaired) electrons. The zero-order valence-electron chi connectivity index (χ0n) is 11.3. The van der Waals surface area contributed by atoms with E-state index in [4.69, 9.17) is 11.6 Å². The fraction of sp³-hybridized carbons (Fsp3) is 0.533. The second-order valence-electron chi connectivity index (χ2n) is 5.27. The van der Waals surface area contributed by atoms with E-state index in [0.29, 0.717) is 6.42 Å². The van der Waals surface area contributed by atoms with E-state index in [1.165, 1.54) is 5.56 Å². The van der Waals surface area contributed by atoms with Crippen molar-refractivity contribution in [3.63, 3.8) is 0 Å². The zero-order valence-corrected chi connectivity index (χ0v) is 12.1. The van der Waals surface area contributed by atoms with Crippen LogP contribution in [0.15, 0.2) is 24.3 Å². The van der Waals surface area contributed by atoms with Gasteiger partial charge in [0, 0.05) is 23.4 Å². The molecule has 2 N–H and O–H groups in total. The van der Waals surface area contributed by atoms with Gasteiger partial charge >= 0.3 is 0 Å². The first-order valence-electron chi connectivity index (χ1n) is 6.84. The van der Waals surface area contributed by atoms with E-state index in [2.05, 4.69) is 16.7 Å². The number of halogens is 1. The standard InChI is InChI=1S/C15H21ClN2O/c1-17-9-3-6-14(19)18-11-15(7-8-15)12-4-2-5-13(16)10-12/h2,4-5,10,17H,3,6-9,11H2,1H3,(H,18,19). The smallest absolute Gasteiger partial charge is 0.220 e. The molecule has 0 aromatic heterocycles. The quantitative estimate of drug-likeness (QED) is 0.754. The molecule has 0 bridgehead atoms. The van der Waals surface area contributed by atoms with Gasteiger partial charge in [-0.3, -0.25) is 4.79 Å². The summed E-state index contributed by atoms with van der Waals surface area (Å²) in [5, 5.41) is 6.87. The molecule has 1 saturated carbocycles. The van der Waals surface area contributed by atoms with Crippen molar-refractivity contribution in [3.8, 4) is 0 Å². The second-order valence-corrected chi connectivity index (χ2v) is 5.71. The number of carbonyl (C=O) groups excluding carboxylic acids is 1. The topological polar surface area (TPSA) is 41.1 Å². The van der Waals surface area contributed by atoms with Crippen LogP contribution in [0.2, 0.25) is 5.02 Å². The van der Waals surface area contributed by atoms with Crippen LogP contribution in [0.1, 0.15) is 31.2 Å². The summed E-state index contributed by atoms with van der Waals surface area (Å²) in [6.45, 7) is 1.61. The van der Waals surface area contributed by atoms with Crippen LogP contribution < -0.4 is 10.6 Å². The number of rotatable bonds is 7. The molecule has 4 heteroatoms. The SMILES string of the molecule is CNCCCC(=O)NCC1(c2cccc(Cl)c2)CC1. The third kappa shape index (κ3) is 3.95. The van der Waals surface area contributed by atoms with Crippen LogP contribution in [0.4, 0.5) is 0 Å². The highest BCUT2D eigenvalue weighted by molar-refractivity contribution is 6.30. The molecule has 3 nitrogen and oxygen atoms in total. The Morgan fingerprint density at radius 3 is 2.84 bits per heavy atom. The van der Waals surface area contributed by atoms with Crippen LogP contribution in [0.25, 0.3) is 0 Å². The predicted octanol–water partition coefficient (Wildman–Crippen LogP) is 2.49. The summed E-state index contributed by atoms with van der Waals surface area (Å²) in [5.74, 6) is 0.142. The molecule has 0 aliphatic heterocycles. The van der Waals surface area contributed by atoms with Gasteiger partial charge in [-0.1, -0.05) is 23.7 Å². The second kappa shape index (κ2) is 6.40. The van der Waals surface area contributed by atoms with Crippen molar-refractivity contribution in [2.45, 2.75) is 31.1 Å². The molecule has 2 rings (SSSR count). The summed E-state index contributed by atoms with van der Waals surface area (Å²) in [4.78, 5) is 11.7. The van der Waals surface area contributed by atoms with E-state index >= 15 is 0 Å². The first-order chi connectivity index (χ1) is 9.16. The minimum absolute atomic E-state index is 0.129. The van der Waals surface area contributed by atoms with Gasteiger partial charge in [0.2, 0.25) is 5.91 Å². The highest BCUT2D eigenvalue weighted by Gasteiger charge is 2.44. The highest BCUT2D eigenvalue weighted by atomic mass is 35.5. The minimum atomic E-state index is 0.129. The van der Waals surface area contributed by atoms with E-state index in [1.807, 2.05) is 25.2 Å². The zero-order chi connectivity index (χ0) is 13.7. The van der Waals surface area contributed by atoms with Crippen molar-refractivity contribution in [2.75, 3.05) is 20.1 Å². The minimum Gasteiger partial charge on any atom is -0.355 e. The van der Waals surface area contributed by atoms with E-state index < -0.39 is 0 Å². The van der Waals surface area contributed by atoms with Crippen molar-refractivity contribution in [1.82, 2.24) is 10.6 Å². The molecule has 0 spiro atoms. The van der Waals surface area contributed by atoms with Crippen LogP contribution in [-0.4, -0.2) is 26.0 Å². The van der Waals surface area contributed by atoms with Crippen molar-refractivity contribution in [2.24, 2.45) is 0 Å². The molecule has 1 amide bonds. The molecular weight excluding hydrogens is 260 g/mol. The van der Waals surface area contributed by atoms with Gasteiger partial charge in [-0.25, -0.2) is 0 Å². The predicted molar refractivity (Wildman–Crippen MR) is 78.5 cm³/mol. The Bertz CT molecular complexity index is 444. The fourth-order valence-corrected chi connectivity index (χ4v) is 2.51. The maximum Gasteiger partial charge on any atom is 0.220 e. The maximum atomic E-state index is 11.7. The summed E-state index contributed by atoms with van der Waals surface area (Å²) >= 11 is 6.03. The Hall–Kier alpha value is -1.06. The van der Waals surface area contributed by atoms with Crippen LogP contribution in [0.3, 0.4) is 0 Å². The summed E-state index contributed by atoms with van der Waals surface area (Å²) in [6.07, 6.45) is 3.73. The number of hydrogen-bond donors (Lipinski definition) is 2. The Balaban J connectivity index is 1.84. The molecule has 0 heterocycles. The summed E-state index contributed by atoms with van der Waals surface area (Å²) in [6, 6.07) is 7.98. The van der Waals surface area contributed by atoms with Crippen LogP contribution in [0, 0.1) is 0 Å². The van der Waals surface area contributed by atoms with Crippen LogP contribution in [0.5, 0.6) is 0 Å². The molecule has 1 aromatic carbocycles. The van der Waals surface area contributed by atoms with Crippen molar-refractivity contribution in [3.05, 3.63) is 34.9 Å². The first-order valence-corrected chi connectivity index (χ1v) is 7.21. The third-order valence-corrected chi connectivity index (χ3v) is 3.98. The molecule has 1 aliphatic rings. The Morgan fingerprint density at radius 1 is 1.42 bits per heavy atom. The monoisotopic (exact) mass is 280 g/mol. The van der Waals surface area contributed by atoms with Crippen LogP contribution >= 0.6 is 11.6 Å². The molecule has 104 valence electrons. The molecular formula is C15H21ClN2O. The summed E-state index contributed by atoms with van der Waals surface area (Å²) in [5.41, 5.74) is 1.37. The van der Waals surface area contributed by atoms with Gasteiger partial charge in [0.1, 0.15) is 0 Å². The lowest BCUT2D eigenvalue weighted by molar-refractivity contribution is -0.121. The largest absolute Gasteiger partial charge is 0.355 e. The van der Waals surface area contributed by atoms with E-state index in [-0.39, 0.29) is 11.3 Å². The Labute approximate surface area is 119 Å². The normalized spacial score (nSPS) is 16.1. The molecule has 19 heavy (non-hydrogen) atoms. The Kier molecular flexibility index (Phi) is 4.83. The molecule has 1 aromatic rings. The maximum absolute atomic E-state index is 11.7. The van der Waals surface area contributed by atoms with Gasteiger partial charge in [-0.2, -0.15) is 0 Å². The van der Waals surface area contributed by atoms with Gasteiger partial charge in [0.25, 0.3) is 0 Å². The first kappa shape index (κ1) is 14.4. The average Bonchev–Trinajstić information content (AvgIpc) is 3.18. The molecule has 1 fully saturated rings. The Morgan fingerprint density at radius 2 is 2.21 bits per heavy atom. The van der Waals surface area contributed by atoms with Crippen molar-refractivity contribution >= 4 is 17.5 Å². The lowest BCUT2D eigenvalue weighted by Crippen LogP contribution is -2.32. The van der Waals surface area contributed by atoms with Gasteiger partial charge in [-0.05, 0) is 50.6 Å². The van der Waals surface area contributed by atoms with Gasteiger partial charge < -0.3 is 10.6 Å². The summed E-state index contributed by atoms with van der Waals surface area (Å²) < 4.78 is 0. The highest BCUT2D eigenvalue weighted by Crippen LogP contribution is 2.48. The number of hydrogen-bond acceptors (Lipinski definition) is 2. The number of nitrogens with one attached hydrogen (secondary N) is 2. The molecule has 0 atom stereocenters. The van der Waals surface area contributed by atoms with E-state index in [1.54, 1.807) is 0 Å². The average molecular weight is 281 g/mol. The number of amides is 1. The van der Waals surface area contributed by atoms with Gasteiger partial charge in [0.05, 0.1) is 0 Å². The van der Waals surface area contributed by atoms with E-state index in [0.717, 1.165) is 37.4 Å².